The first kappa shape index (κ1) is 17.3. The van der Waals surface area contributed by atoms with Crippen LogP contribution in [0.3, 0.4) is 0 Å². The van der Waals surface area contributed by atoms with Gasteiger partial charge in [-0.2, -0.15) is 0 Å². The highest BCUT2D eigenvalue weighted by molar-refractivity contribution is 8.04. The Labute approximate surface area is 156 Å². The van der Waals surface area contributed by atoms with Crippen molar-refractivity contribution < 1.29 is 4.79 Å². The van der Waals surface area contributed by atoms with Gasteiger partial charge in [0.25, 0.3) is 5.91 Å². The van der Waals surface area contributed by atoms with Gasteiger partial charge in [0.15, 0.2) is 0 Å². The Bertz CT molecular complexity index is 811. The zero-order chi connectivity index (χ0) is 17.5. The van der Waals surface area contributed by atoms with E-state index >= 15 is 0 Å². The fraction of sp³-hybridized carbons (Fsp3) is 0. The third-order valence-corrected chi connectivity index (χ3v) is 4.88. The molecule has 3 aromatic carbocycles. The van der Waals surface area contributed by atoms with Gasteiger partial charge in [-0.25, -0.2) is 0 Å². The Morgan fingerprint density at radius 3 is 1.64 bits per heavy atom. The third-order valence-electron chi connectivity index (χ3n) is 3.51. The van der Waals surface area contributed by atoms with Crippen LogP contribution in [0.15, 0.2) is 106 Å². The molecule has 124 valence electrons. The maximum absolute atomic E-state index is 13.2. The van der Waals surface area contributed by atoms with Gasteiger partial charge < -0.3 is 0 Å². The standard InChI is InChI=1S/C21H16ClNOS/c22-16-20(25-19-14-8-3-9-15-19)21(24)23(17-10-4-1-5-11-17)18-12-6-2-7-13-18/h1-16H/b20-16-. The first-order chi connectivity index (χ1) is 12.3. The van der Waals surface area contributed by atoms with Crippen LogP contribution in [0.4, 0.5) is 11.4 Å². The fourth-order valence-corrected chi connectivity index (χ4v) is 3.37. The molecule has 0 aromatic heterocycles. The van der Waals surface area contributed by atoms with E-state index in [1.54, 1.807) is 4.90 Å². The SMILES string of the molecule is O=C(/C(=C/Cl)Sc1ccccc1)N(c1ccccc1)c1ccccc1. The van der Waals surface area contributed by atoms with E-state index in [4.69, 9.17) is 11.6 Å². The molecule has 3 rings (SSSR count). The normalized spacial score (nSPS) is 11.2. The predicted octanol–water partition coefficient (Wildman–Crippen LogP) is 6.22. The first-order valence-electron chi connectivity index (χ1n) is 7.77. The zero-order valence-electron chi connectivity index (χ0n) is 13.4. The van der Waals surface area contributed by atoms with Crippen molar-refractivity contribution in [2.45, 2.75) is 4.90 Å². The van der Waals surface area contributed by atoms with Crippen molar-refractivity contribution in [3.05, 3.63) is 101 Å². The minimum Gasteiger partial charge on any atom is -0.277 e. The molecule has 4 heteroatoms. The third kappa shape index (κ3) is 4.32. The van der Waals surface area contributed by atoms with Crippen LogP contribution in [0, 0.1) is 0 Å². The van der Waals surface area contributed by atoms with E-state index in [1.165, 1.54) is 17.3 Å². The van der Waals surface area contributed by atoms with Crippen LogP contribution in [0.5, 0.6) is 0 Å². The summed E-state index contributed by atoms with van der Waals surface area (Å²) in [6.07, 6.45) is 0. The molecular weight excluding hydrogens is 350 g/mol. The fourth-order valence-electron chi connectivity index (χ4n) is 2.38. The van der Waals surface area contributed by atoms with E-state index in [0.29, 0.717) is 4.91 Å². The Hall–Kier alpha value is -2.49. The highest BCUT2D eigenvalue weighted by Crippen LogP contribution is 2.33. The summed E-state index contributed by atoms with van der Waals surface area (Å²) in [6.45, 7) is 0. The molecule has 1 amide bonds. The summed E-state index contributed by atoms with van der Waals surface area (Å²) in [5.74, 6) is -0.166. The van der Waals surface area contributed by atoms with Gasteiger partial charge in [-0.15, -0.1) is 0 Å². The molecule has 0 radical (unpaired) electrons. The van der Waals surface area contributed by atoms with Gasteiger partial charge in [0.05, 0.1) is 4.91 Å². The number of hydrogen-bond acceptors (Lipinski definition) is 2. The molecule has 0 aliphatic rings. The summed E-state index contributed by atoms with van der Waals surface area (Å²) in [4.78, 5) is 16.3. The Balaban J connectivity index is 1.96. The van der Waals surface area contributed by atoms with Crippen LogP contribution >= 0.6 is 23.4 Å². The number of para-hydroxylation sites is 2. The summed E-state index contributed by atoms with van der Waals surface area (Å²) < 4.78 is 0. The molecule has 0 heterocycles. The topological polar surface area (TPSA) is 20.3 Å². The summed E-state index contributed by atoms with van der Waals surface area (Å²) in [7, 11) is 0. The molecule has 0 saturated heterocycles. The van der Waals surface area contributed by atoms with Crippen molar-refractivity contribution >= 4 is 40.6 Å². The molecule has 25 heavy (non-hydrogen) atoms. The lowest BCUT2D eigenvalue weighted by atomic mass is 10.2. The van der Waals surface area contributed by atoms with Crippen LogP contribution in [0.1, 0.15) is 0 Å². The molecule has 0 N–H and O–H groups in total. The maximum Gasteiger partial charge on any atom is 0.270 e. The van der Waals surface area contributed by atoms with Gasteiger partial charge in [-0.3, -0.25) is 9.69 Å². The summed E-state index contributed by atoms with van der Waals surface area (Å²) in [5.41, 5.74) is 2.94. The zero-order valence-corrected chi connectivity index (χ0v) is 15.0. The van der Waals surface area contributed by atoms with Crippen molar-refractivity contribution in [2.24, 2.45) is 0 Å². The number of thioether (sulfide) groups is 1. The highest BCUT2D eigenvalue weighted by atomic mass is 35.5. The largest absolute Gasteiger partial charge is 0.277 e. The molecule has 0 atom stereocenters. The van der Waals surface area contributed by atoms with Crippen LogP contribution in [-0.2, 0) is 4.79 Å². The summed E-state index contributed by atoms with van der Waals surface area (Å²) in [6, 6.07) is 28.8. The molecule has 0 aliphatic carbocycles. The van der Waals surface area contributed by atoms with Crippen molar-refractivity contribution in [1.29, 1.82) is 0 Å². The van der Waals surface area contributed by atoms with E-state index in [0.717, 1.165) is 16.3 Å². The first-order valence-corrected chi connectivity index (χ1v) is 9.03. The van der Waals surface area contributed by atoms with Crippen LogP contribution in [0.2, 0.25) is 0 Å². The van der Waals surface area contributed by atoms with Gasteiger partial charge in [-0.05, 0) is 36.4 Å². The smallest absolute Gasteiger partial charge is 0.270 e. The minimum atomic E-state index is -0.166. The van der Waals surface area contributed by atoms with E-state index in [2.05, 4.69) is 0 Å². The number of carbonyl (C=O) groups is 1. The summed E-state index contributed by atoms with van der Waals surface area (Å²) in [5, 5.41) is 0. The second-order valence-electron chi connectivity index (χ2n) is 5.20. The van der Waals surface area contributed by atoms with Crippen molar-refractivity contribution in [1.82, 2.24) is 0 Å². The predicted molar refractivity (Wildman–Crippen MR) is 106 cm³/mol. The number of halogens is 1. The second-order valence-corrected chi connectivity index (χ2v) is 6.53. The minimum absolute atomic E-state index is 0.166. The van der Waals surface area contributed by atoms with Gasteiger partial charge in [0.2, 0.25) is 0 Å². The molecule has 0 bridgehead atoms. The lowest BCUT2D eigenvalue weighted by Gasteiger charge is -2.24. The van der Waals surface area contributed by atoms with E-state index in [-0.39, 0.29) is 5.91 Å². The molecule has 0 spiro atoms. The lowest BCUT2D eigenvalue weighted by molar-refractivity contribution is -0.113. The molecule has 0 unspecified atom stereocenters. The molecule has 2 nitrogen and oxygen atoms in total. The quantitative estimate of drug-likeness (QED) is 0.395. The van der Waals surface area contributed by atoms with Crippen molar-refractivity contribution in [2.75, 3.05) is 4.90 Å². The highest BCUT2D eigenvalue weighted by Gasteiger charge is 2.22. The molecule has 0 aliphatic heterocycles. The number of anilines is 2. The number of amides is 1. The Kier molecular flexibility index (Phi) is 5.94. The monoisotopic (exact) mass is 365 g/mol. The van der Waals surface area contributed by atoms with Gasteiger partial charge in [0, 0.05) is 21.8 Å². The Morgan fingerprint density at radius 2 is 1.20 bits per heavy atom. The average molecular weight is 366 g/mol. The lowest BCUT2D eigenvalue weighted by Crippen LogP contribution is -2.26. The van der Waals surface area contributed by atoms with E-state index in [1.807, 2.05) is 91.0 Å². The van der Waals surface area contributed by atoms with E-state index in [9.17, 15) is 4.79 Å². The van der Waals surface area contributed by atoms with Crippen LogP contribution in [-0.4, -0.2) is 5.91 Å². The van der Waals surface area contributed by atoms with Gasteiger partial charge in [0.1, 0.15) is 0 Å². The van der Waals surface area contributed by atoms with E-state index < -0.39 is 0 Å². The average Bonchev–Trinajstić information content (AvgIpc) is 2.69. The molecule has 3 aromatic rings. The number of hydrogen-bond donors (Lipinski definition) is 0. The van der Waals surface area contributed by atoms with Crippen LogP contribution in [0.25, 0.3) is 0 Å². The van der Waals surface area contributed by atoms with Crippen LogP contribution < -0.4 is 4.90 Å². The van der Waals surface area contributed by atoms with Crippen molar-refractivity contribution in [3.8, 4) is 0 Å². The second kappa shape index (κ2) is 8.56. The summed E-state index contributed by atoms with van der Waals surface area (Å²) >= 11 is 7.35. The number of rotatable bonds is 5. The van der Waals surface area contributed by atoms with Gasteiger partial charge in [-0.1, -0.05) is 78.0 Å². The number of nitrogens with zero attached hydrogens (tertiary/aromatic N) is 1. The van der Waals surface area contributed by atoms with Crippen molar-refractivity contribution in [3.63, 3.8) is 0 Å². The maximum atomic E-state index is 13.2. The molecular formula is C21H16ClNOS. The number of carbonyl (C=O) groups excluding carboxylic acids is 1. The molecule has 0 saturated carbocycles. The number of benzene rings is 3. The molecule has 0 fully saturated rings. The van der Waals surface area contributed by atoms with Gasteiger partial charge >= 0.3 is 0 Å². The Morgan fingerprint density at radius 1 is 0.760 bits per heavy atom.